The number of morpholine rings is 1. The standard InChI is InChI=1S/C25H23N7O5/c1-36-22-14-20(30-9-11-37-12-10-30)21(32(34)35)13-19(22)27-25-26-8-7-23(28-25)31-15-18(16-33)24(29-31)17-5-3-2-4-6-17/h2-8,13-16H,9-12H2,1H3,(H,26,27,28). The van der Waals surface area contributed by atoms with Gasteiger partial charge in [-0.15, -0.1) is 0 Å². The Bertz CT molecular complexity index is 1430. The van der Waals surface area contributed by atoms with Crippen molar-refractivity contribution in [3.8, 4) is 22.8 Å². The smallest absolute Gasteiger partial charge is 0.294 e. The summed E-state index contributed by atoms with van der Waals surface area (Å²) >= 11 is 0. The molecule has 4 aromatic rings. The molecule has 188 valence electrons. The summed E-state index contributed by atoms with van der Waals surface area (Å²) in [6, 6.07) is 14.0. The van der Waals surface area contributed by atoms with Crippen LogP contribution in [0.25, 0.3) is 17.1 Å². The summed E-state index contributed by atoms with van der Waals surface area (Å²) in [5, 5.41) is 19.5. The highest BCUT2D eigenvalue weighted by Crippen LogP contribution is 2.39. The zero-order chi connectivity index (χ0) is 25.8. The van der Waals surface area contributed by atoms with Gasteiger partial charge < -0.3 is 19.7 Å². The number of anilines is 3. The molecule has 0 spiro atoms. The zero-order valence-electron chi connectivity index (χ0n) is 19.9. The average molecular weight is 502 g/mol. The van der Waals surface area contributed by atoms with Gasteiger partial charge in [0, 0.05) is 49.2 Å². The van der Waals surface area contributed by atoms with Gasteiger partial charge in [-0.1, -0.05) is 30.3 Å². The van der Waals surface area contributed by atoms with E-state index in [1.807, 2.05) is 35.2 Å². The molecule has 5 rings (SSSR count). The van der Waals surface area contributed by atoms with Crippen LogP contribution in [0, 0.1) is 10.1 Å². The summed E-state index contributed by atoms with van der Waals surface area (Å²) in [7, 11) is 1.49. The number of nitro benzene ring substituents is 1. The Morgan fingerprint density at radius 2 is 1.95 bits per heavy atom. The Morgan fingerprint density at radius 1 is 1.16 bits per heavy atom. The van der Waals surface area contributed by atoms with Gasteiger partial charge in [0.15, 0.2) is 12.1 Å². The predicted octanol–water partition coefficient (Wildman–Crippen LogP) is 3.64. The Balaban J connectivity index is 1.48. The summed E-state index contributed by atoms with van der Waals surface area (Å²) in [6.45, 7) is 2.07. The first kappa shape index (κ1) is 23.9. The minimum Gasteiger partial charge on any atom is -0.494 e. The normalized spacial score (nSPS) is 13.3. The van der Waals surface area contributed by atoms with Crippen LogP contribution in [0.2, 0.25) is 0 Å². The molecule has 0 saturated carbocycles. The number of hydrogen-bond acceptors (Lipinski definition) is 10. The number of aldehydes is 1. The number of nitrogens with zero attached hydrogens (tertiary/aromatic N) is 6. The van der Waals surface area contributed by atoms with E-state index in [1.54, 1.807) is 18.3 Å². The number of rotatable bonds is 8. The number of ether oxygens (including phenoxy) is 2. The molecule has 37 heavy (non-hydrogen) atoms. The molecule has 12 heteroatoms. The summed E-state index contributed by atoms with van der Waals surface area (Å²) in [4.78, 5) is 33.8. The first-order valence-corrected chi connectivity index (χ1v) is 11.5. The third-order valence-corrected chi connectivity index (χ3v) is 5.88. The van der Waals surface area contributed by atoms with Crippen molar-refractivity contribution in [2.24, 2.45) is 0 Å². The number of aromatic nitrogens is 4. The van der Waals surface area contributed by atoms with Gasteiger partial charge in [-0.05, 0) is 0 Å². The van der Waals surface area contributed by atoms with E-state index < -0.39 is 4.92 Å². The summed E-state index contributed by atoms with van der Waals surface area (Å²) in [5.74, 6) is 0.976. The first-order valence-electron chi connectivity index (χ1n) is 11.5. The lowest BCUT2D eigenvalue weighted by Gasteiger charge is -2.29. The minimum atomic E-state index is -0.428. The molecule has 3 heterocycles. The summed E-state index contributed by atoms with van der Waals surface area (Å²) < 4.78 is 12.4. The van der Waals surface area contributed by atoms with Crippen molar-refractivity contribution in [2.75, 3.05) is 43.6 Å². The van der Waals surface area contributed by atoms with E-state index >= 15 is 0 Å². The van der Waals surface area contributed by atoms with Crippen molar-refractivity contribution < 1.29 is 19.2 Å². The van der Waals surface area contributed by atoms with E-state index in [9.17, 15) is 14.9 Å². The molecule has 0 bridgehead atoms. The summed E-state index contributed by atoms with van der Waals surface area (Å²) in [6.07, 6.45) is 3.86. The molecule has 2 aromatic carbocycles. The van der Waals surface area contributed by atoms with E-state index in [4.69, 9.17) is 9.47 Å². The molecule has 1 aliphatic heterocycles. The van der Waals surface area contributed by atoms with E-state index in [0.717, 1.165) is 11.8 Å². The number of methoxy groups -OCH3 is 1. The quantitative estimate of drug-likeness (QED) is 0.216. The Labute approximate surface area is 211 Å². The molecule has 0 atom stereocenters. The minimum absolute atomic E-state index is 0.0726. The number of nitro groups is 1. The van der Waals surface area contributed by atoms with Crippen LogP contribution < -0.4 is 15.0 Å². The van der Waals surface area contributed by atoms with Crippen molar-refractivity contribution in [3.63, 3.8) is 0 Å². The SMILES string of the molecule is COc1cc(N2CCOCC2)c([N+](=O)[O-])cc1Nc1nccc(-n2cc(C=O)c(-c3ccccc3)n2)n1. The second-order valence-corrected chi connectivity index (χ2v) is 8.12. The van der Waals surface area contributed by atoms with Crippen LogP contribution in [0.1, 0.15) is 10.4 Å². The van der Waals surface area contributed by atoms with Crippen molar-refractivity contribution >= 4 is 29.3 Å². The highest BCUT2D eigenvalue weighted by molar-refractivity contribution is 5.85. The van der Waals surface area contributed by atoms with Crippen molar-refractivity contribution in [1.29, 1.82) is 0 Å². The van der Waals surface area contributed by atoms with E-state index in [1.165, 1.54) is 24.1 Å². The molecule has 1 saturated heterocycles. The molecule has 0 radical (unpaired) electrons. The van der Waals surface area contributed by atoms with E-state index in [2.05, 4.69) is 20.4 Å². The van der Waals surface area contributed by atoms with Gasteiger partial charge in [-0.3, -0.25) is 14.9 Å². The largest absolute Gasteiger partial charge is 0.494 e. The zero-order valence-corrected chi connectivity index (χ0v) is 19.9. The molecule has 0 amide bonds. The van der Waals surface area contributed by atoms with Crippen LogP contribution in [0.4, 0.5) is 23.0 Å². The fraction of sp³-hybridized carbons (Fsp3) is 0.200. The van der Waals surface area contributed by atoms with Crippen LogP contribution >= 0.6 is 0 Å². The van der Waals surface area contributed by atoms with Crippen LogP contribution in [0.3, 0.4) is 0 Å². The topological polar surface area (TPSA) is 138 Å². The van der Waals surface area contributed by atoms with Crippen LogP contribution in [0.15, 0.2) is 60.9 Å². The number of carbonyl (C=O) groups is 1. The first-order chi connectivity index (χ1) is 18.1. The number of nitrogens with one attached hydrogen (secondary N) is 1. The van der Waals surface area contributed by atoms with Crippen molar-refractivity contribution in [2.45, 2.75) is 0 Å². The Kier molecular flexibility index (Phi) is 6.72. The van der Waals surface area contributed by atoms with Crippen molar-refractivity contribution in [3.05, 3.63) is 76.6 Å². The molecule has 12 nitrogen and oxygen atoms in total. The summed E-state index contributed by atoms with van der Waals surface area (Å²) in [5.41, 5.74) is 2.46. The number of benzene rings is 2. The third kappa shape index (κ3) is 4.95. The van der Waals surface area contributed by atoms with Gasteiger partial charge >= 0.3 is 0 Å². The van der Waals surface area contributed by atoms with Crippen molar-refractivity contribution in [1.82, 2.24) is 19.7 Å². The van der Waals surface area contributed by atoms with Crippen LogP contribution in [-0.2, 0) is 4.74 Å². The predicted molar refractivity (Wildman–Crippen MR) is 136 cm³/mol. The molecule has 1 fully saturated rings. The lowest BCUT2D eigenvalue weighted by Crippen LogP contribution is -2.36. The third-order valence-electron chi connectivity index (χ3n) is 5.88. The molecule has 0 unspecified atom stereocenters. The van der Waals surface area contributed by atoms with E-state index in [0.29, 0.717) is 60.5 Å². The average Bonchev–Trinajstić information content (AvgIpc) is 3.39. The lowest BCUT2D eigenvalue weighted by atomic mass is 10.1. The maximum atomic E-state index is 11.9. The van der Waals surface area contributed by atoms with Crippen LogP contribution in [0.5, 0.6) is 5.75 Å². The molecule has 1 N–H and O–H groups in total. The lowest BCUT2D eigenvalue weighted by molar-refractivity contribution is -0.384. The number of carbonyl (C=O) groups excluding carboxylic acids is 1. The monoisotopic (exact) mass is 501 g/mol. The molecular formula is C25H23N7O5. The van der Waals surface area contributed by atoms with Gasteiger partial charge in [-0.25, -0.2) is 9.67 Å². The highest BCUT2D eigenvalue weighted by Gasteiger charge is 2.25. The second kappa shape index (κ2) is 10.4. The maximum Gasteiger partial charge on any atom is 0.294 e. The maximum absolute atomic E-state index is 11.9. The van der Waals surface area contributed by atoms with Gasteiger partial charge in [0.2, 0.25) is 5.95 Å². The molecule has 2 aromatic heterocycles. The van der Waals surface area contributed by atoms with E-state index in [-0.39, 0.29) is 11.6 Å². The fourth-order valence-electron chi connectivity index (χ4n) is 4.10. The fourth-order valence-corrected chi connectivity index (χ4v) is 4.10. The molecule has 0 aliphatic carbocycles. The van der Waals surface area contributed by atoms with Crippen LogP contribution in [-0.4, -0.2) is 64.4 Å². The van der Waals surface area contributed by atoms with Gasteiger partial charge in [0.1, 0.15) is 17.1 Å². The second-order valence-electron chi connectivity index (χ2n) is 8.12. The van der Waals surface area contributed by atoms with Gasteiger partial charge in [0.25, 0.3) is 5.69 Å². The van der Waals surface area contributed by atoms with Gasteiger partial charge in [-0.2, -0.15) is 10.1 Å². The molecular weight excluding hydrogens is 478 g/mol. The molecule has 1 aliphatic rings. The number of hydrogen-bond donors (Lipinski definition) is 1. The Hall–Kier alpha value is -4.84. The highest BCUT2D eigenvalue weighted by atomic mass is 16.6. The van der Waals surface area contributed by atoms with Gasteiger partial charge in [0.05, 0.1) is 36.5 Å². The Morgan fingerprint density at radius 3 is 2.65 bits per heavy atom.